The first-order chi connectivity index (χ1) is 34.5. The van der Waals surface area contributed by atoms with Gasteiger partial charge >= 0.3 is 12.1 Å². The molecule has 2 atom stereocenters. The van der Waals surface area contributed by atoms with Crippen molar-refractivity contribution in [3.8, 4) is 22.6 Å². The minimum Gasteiger partial charge on any atom is -0.476 e. The van der Waals surface area contributed by atoms with Crippen molar-refractivity contribution in [3.05, 3.63) is 171 Å². The Morgan fingerprint density at radius 3 is 1.44 bits per heavy atom. The molecular weight excluding hydrogens is 927 g/mol. The van der Waals surface area contributed by atoms with Crippen molar-refractivity contribution in [2.45, 2.75) is 105 Å². The number of aromatic amines is 2. The van der Waals surface area contributed by atoms with E-state index in [1.54, 1.807) is 43.9 Å². The molecule has 3 amide bonds. The summed E-state index contributed by atoms with van der Waals surface area (Å²) in [5, 5.41) is 34.3. The summed E-state index contributed by atoms with van der Waals surface area (Å²) in [5.41, 5.74) is 10.5. The van der Waals surface area contributed by atoms with Crippen molar-refractivity contribution in [2.75, 3.05) is 15.1 Å². The molecule has 6 heterocycles. The van der Waals surface area contributed by atoms with Crippen LogP contribution in [0.15, 0.2) is 118 Å². The molecule has 0 bridgehead atoms. The van der Waals surface area contributed by atoms with E-state index in [-0.39, 0.29) is 46.2 Å². The lowest BCUT2D eigenvalue weighted by atomic mass is 9.85. The topological polar surface area (TPSA) is 226 Å². The van der Waals surface area contributed by atoms with Gasteiger partial charge in [-0.2, -0.15) is 10.2 Å². The van der Waals surface area contributed by atoms with Crippen molar-refractivity contribution in [1.29, 1.82) is 0 Å². The number of hydrogen-bond donors (Lipinski definition) is 4. The number of rotatable bonds is 8. The first-order valence-corrected chi connectivity index (χ1v) is 23.8. The number of amides is 3. The van der Waals surface area contributed by atoms with Crippen LogP contribution in [0.3, 0.4) is 0 Å². The normalized spacial score (nSPS) is 15.5. The molecule has 4 N–H and O–H groups in total. The van der Waals surface area contributed by atoms with E-state index in [2.05, 4.69) is 96.6 Å². The number of benzene rings is 4. The van der Waals surface area contributed by atoms with Crippen LogP contribution in [0.4, 0.5) is 22.0 Å². The van der Waals surface area contributed by atoms with Crippen molar-refractivity contribution in [2.24, 2.45) is 0 Å². The van der Waals surface area contributed by atoms with Crippen LogP contribution < -0.4 is 15.1 Å². The fraction of sp³-hybridized carbons (Fsp3) is 0.286. The predicted molar refractivity (Wildman–Crippen MR) is 275 cm³/mol. The van der Waals surface area contributed by atoms with Gasteiger partial charge < -0.3 is 18.9 Å². The van der Waals surface area contributed by atoms with Crippen LogP contribution in [0.2, 0.25) is 0 Å². The van der Waals surface area contributed by atoms with Crippen LogP contribution in [0.5, 0.6) is 0 Å². The van der Waals surface area contributed by atoms with E-state index in [1.807, 2.05) is 84.6 Å². The van der Waals surface area contributed by atoms with Gasteiger partial charge in [0.05, 0.1) is 12.1 Å². The zero-order chi connectivity index (χ0) is 52.3. The highest BCUT2D eigenvalue weighted by Gasteiger charge is 2.47. The number of aryl methyl sites for hydroxylation is 2. The molecule has 0 fully saturated rings. The molecule has 0 spiro atoms. The predicted octanol–water partition coefficient (Wildman–Crippen LogP) is 11.9. The Labute approximate surface area is 421 Å². The van der Waals surface area contributed by atoms with E-state index < -0.39 is 17.7 Å². The van der Waals surface area contributed by atoms with Crippen LogP contribution in [0.1, 0.15) is 151 Å². The number of H-pyrrole nitrogens is 2. The summed E-state index contributed by atoms with van der Waals surface area (Å²) < 4.78 is 15.9. The number of aromatic nitrogens is 6. The summed E-state index contributed by atoms with van der Waals surface area (Å²) in [5.74, 6) is -0.414. The lowest BCUT2D eigenvalue weighted by molar-refractivity contribution is 0.0632. The zero-order valence-electron chi connectivity index (χ0n) is 42.5. The fourth-order valence-corrected chi connectivity index (χ4v) is 9.30. The molecule has 0 saturated carbocycles. The van der Waals surface area contributed by atoms with E-state index in [1.165, 1.54) is 6.07 Å². The average molecular weight is 984 g/mol. The average Bonchev–Trinajstić information content (AvgIpc) is 4.19. The number of carboxylic acids is 1. The number of nitrogens with one attached hydrogen (secondary N) is 3. The van der Waals surface area contributed by atoms with Crippen LogP contribution in [-0.2, 0) is 15.6 Å². The molecule has 17 nitrogen and oxygen atoms in total. The van der Waals surface area contributed by atoms with Gasteiger partial charge in [0.2, 0.25) is 0 Å². The van der Waals surface area contributed by atoms with Gasteiger partial charge in [0, 0.05) is 68.0 Å². The van der Waals surface area contributed by atoms with Gasteiger partial charge in [-0.1, -0.05) is 100 Å². The quantitative estimate of drug-likeness (QED) is 0.112. The summed E-state index contributed by atoms with van der Waals surface area (Å²) in [6, 6.07) is 33.3. The van der Waals surface area contributed by atoms with Gasteiger partial charge in [-0.05, 0) is 105 Å². The fourth-order valence-electron chi connectivity index (χ4n) is 9.30. The third-order valence-corrected chi connectivity index (χ3v) is 12.7. The molecular formula is C56H57N9O8. The van der Waals surface area contributed by atoms with E-state index >= 15 is 0 Å². The number of carbonyl (C=O) groups excluding carboxylic acids is 3. The highest BCUT2D eigenvalue weighted by molar-refractivity contribution is 6.12. The zero-order valence-corrected chi connectivity index (χ0v) is 42.5. The van der Waals surface area contributed by atoms with Gasteiger partial charge in [0.25, 0.3) is 11.8 Å². The van der Waals surface area contributed by atoms with Crippen molar-refractivity contribution < 1.29 is 38.1 Å². The number of anilines is 3. The number of carbonyl (C=O) groups is 4. The molecule has 10 rings (SSSR count). The first-order valence-electron chi connectivity index (χ1n) is 23.8. The van der Waals surface area contributed by atoms with Crippen molar-refractivity contribution in [1.82, 2.24) is 30.7 Å². The minimum atomic E-state index is -1.15. The van der Waals surface area contributed by atoms with Crippen LogP contribution in [-0.4, -0.2) is 65.3 Å². The second kappa shape index (κ2) is 18.5. The Kier molecular flexibility index (Phi) is 12.5. The van der Waals surface area contributed by atoms with E-state index in [4.69, 9.17) is 18.9 Å². The first kappa shape index (κ1) is 49.4. The van der Waals surface area contributed by atoms with E-state index in [0.29, 0.717) is 34.2 Å². The van der Waals surface area contributed by atoms with Gasteiger partial charge in [-0.15, -0.1) is 0 Å². The number of ether oxygens (including phenoxy) is 1. The number of nitrogens with zero attached hydrogens (tertiary/aromatic N) is 6. The summed E-state index contributed by atoms with van der Waals surface area (Å²) in [4.78, 5) is 54.1. The van der Waals surface area contributed by atoms with Crippen LogP contribution >= 0.6 is 0 Å². The highest BCUT2D eigenvalue weighted by atomic mass is 16.6. The Hall–Kier alpha value is -8.60. The molecule has 2 unspecified atom stereocenters. The lowest BCUT2D eigenvalue weighted by Gasteiger charge is -2.29. The molecule has 4 aromatic heterocycles. The third kappa shape index (κ3) is 9.53. The minimum absolute atomic E-state index is 0.152. The SMILES string of the molecule is Cc1ccccc1C1c2c(n[nH]c2C(C)(C)C)C(=O)N1c1ccc(-c2cc(C(=O)O)no2)cc1.Cc1ccccc1C1c2c(n[nH]c2C(C)(C)C)C(=O)N1c1ccc(-c2cc(NC(=O)OC(C)(C)C)no2)cc1. The van der Waals surface area contributed by atoms with E-state index in [9.17, 15) is 19.2 Å². The number of carboxylic acid groups (broad SMARTS) is 1. The number of hydrogen-bond acceptors (Lipinski definition) is 11. The molecule has 2 aliphatic heterocycles. The largest absolute Gasteiger partial charge is 0.476 e. The van der Waals surface area contributed by atoms with Crippen LogP contribution in [0, 0.1) is 13.8 Å². The van der Waals surface area contributed by atoms with Crippen LogP contribution in [0.25, 0.3) is 22.6 Å². The monoisotopic (exact) mass is 983 g/mol. The summed E-state index contributed by atoms with van der Waals surface area (Å²) >= 11 is 0. The Morgan fingerprint density at radius 2 is 1.04 bits per heavy atom. The molecule has 2 aliphatic rings. The Balaban J connectivity index is 0.000000181. The standard InChI is InChI=1S/C30H33N5O4.C26H24N4O4/c1-17-10-8-9-11-20(17)25-23-24(32-33-26(23)29(2,3)4)27(36)35(25)19-14-12-18(13-15-19)21-16-22(34-39-21)31-28(37)38-30(5,6)7;1-14-7-5-6-8-17(14)22-20-21(27-28-23(20)26(2,3)4)24(31)30(22)16-11-9-15(10-12-16)19-13-18(25(32)33)29-34-19/h8-16,25H,1-7H3,(H,32,33)(H,31,34,37);5-13,22H,1-4H3,(H,27,28)(H,32,33). The second-order valence-electron chi connectivity index (χ2n) is 21.3. The summed E-state index contributed by atoms with van der Waals surface area (Å²) in [6.45, 7) is 22.1. The van der Waals surface area contributed by atoms with Gasteiger partial charge in [-0.3, -0.25) is 34.9 Å². The van der Waals surface area contributed by atoms with Gasteiger partial charge in [-0.25, -0.2) is 9.59 Å². The van der Waals surface area contributed by atoms with E-state index in [0.717, 1.165) is 56.0 Å². The molecule has 0 aliphatic carbocycles. The van der Waals surface area contributed by atoms with Crippen molar-refractivity contribution in [3.63, 3.8) is 0 Å². The molecule has 374 valence electrons. The van der Waals surface area contributed by atoms with Crippen molar-refractivity contribution >= 4 is 41.1 Å². The highest BCUT2D eigenvalue weighted by Crippen LogP contribution is 2.48. The maximum Gasteiger partial charge on any atom is 0.413 e. The number of aromatic carboxylic acids is 1. The maximum absolute atomic E-state index is 13.8. The maximum atomic E-state index is 13.8. The summed E-state index contributed by atoms with van der Waals surface area (Å²) in [6.07, 6.45) is -0.612. The summed E-state index contributed by atoms with van der Waals surface area (Å²) in [7, 11) is 0. The lowest BCUT2D eigenvalue weighted by Crippen LogP contribution is -2.30. The Bertz CT molecular complexity index is 3400. The van der Waals surface area contributed by atoms with Gasteiger partial charge in [0.1, 0.15) is 5.60 Å². The molecule has 73 heavy (non-hydrogen) atoms. The smallest absolute Gasteiger partial charge is 0.413 e. The molecule has 4 aromatic carbocycles. The molecule has 17 heteroatoms. The third-order valence-electron chi connectivity index (χ3n) is 12.7. The Morgan fingerprint density at radius 1 is 0.616 bits per heavy atom. The molecule has 8 aromatic rings. The van der Waals surface area contributed by atoms with Gasteiger partial charge in [0.15, 0.2) is 34.4 Å². The number of fused-ring (bicyclic) bond motifs is 2. The molecule has 0 saturated heterocycles. The molecule has 0 radical (unpaired) electrons. The second-order valence-corrected chi connectivity index (χ2v) is 21.3.